The van der Waals surface area contributed by atoms with Crippen LogP contribution in [0.15, 0.2) is 30.5 Å². The third-order valence-corrected chi connectivity index (χ3v) is 2.37. The highest BCUT2D eigenvalue weighted by atomic mass is 16.1. The number of rotatable bonds is 3. The maximum atomic E-state index is 11.7. The Hall–Kier alpha value is -2.21. The lowest BCUT2D eigenvalue weighted by atomic mass is 10.1. The fourth-order valence-corrected chi connectivity index (χ4v) is 1.54. The molecule has 0 aliphatic carbocycles. The van der Waals surface area contributed by atoms with Gasteiger partial charge in [-0.2, -0.15) is 0 Å². The Morgan fingerprint density at radius 3 is 3.12 bits per heavy atom. The summed E-state index contributed by atoms with van der Waals surface area (Å²) < 4.78 is 0. The van der Waals surface area contributed by atoms with E-state index in [2.05, 4.69) is 16.2 Å². The number of hydrogen-bond acceptors (Lipinski definition) is 1. The van der Waals surface area contributed by atoms with Gasteiger partial charge in [0.2, 0.25) is 0 Å². The normalized spacial score (nSPS) is 9.94. The highest BCUT2D eigenvalue weighted by Crippen LogP contribution is 2.13. The molecule has 16 heavy (non-hydrogen) atoms. The standard InChI is InChI=1S/C13H12N2O/c1-2-3-7-15-13(16)11-4-5-12-10(9-11)6-8-14-12/h1,4-6,8-9,14H,3,7H2,(H,15,16). The molecule has 0 aliphatic heterocycles. The van der Waals surface area contributed by atoms with E-state index in [-0.39, 0.29) is 5.91 Å². The van der Waals surface area contributed by atoms with Crippen molar-refractivity contribution < 1.29 is 4.79 Å². The predicted octanol–water partition coefficient (Wildman–Crippen LogP) is 1.92. The van der Waals surface area contributed by atoms with Gasteiger partial charge in [-0.3, -0.25) is 4.79 Å². The second-order valence-electron chi connectivity index (χ2n) is 3.49. The largest absolute Gasteiger partial charge is 0.361 e. The molecule has 0 saturated carbocycles. The zero-order valence-electron chi connectivity index (χ0n) is 8.79. The SMILES string of the molecule is C#CCCNC(=O)c1ccc2[nH]ccc2c1. The quantitative estimate of drug-likeness (QED) is 0.592. The Bertz CT molecular complexity index is 548. The van der Waals surface area contributed by atoms with E-state index < -0.39 is 0 Å². The van der Waals surface area contributed by atoms with Crippen LogP contribution in [0.25, 0.3) is 10.9 Å². The van der Waals surface area contributed by atoms with Crippen LogP contribution in [0.2, 0.25) is 0 Å². The Kier molecular flexibility index (Phi) is 2.93. The lowest BCUT2D eigenvalue weighted by molar-refractivity contribution is 0.0954. The van der Waals surface area contributed by atoms with Crippen molar-refractivity contribution in [3.63, 3.8) is 0 Å². The number of aromatic amines is 1. The van der Waals surface area contributed by atoms with Crippen LogP contribution in [0.4, 0.5) is 0 Å². The average Bonchev–Trinajstić information content (AvgIpc) is 2.76. The molecule has 0 unspecified atom stereocenters. The lowest BCUT2D eigenvalue weighted by Crippen LogP contribution is -2.24. The monoisotopic (exact) mass is 212 g/mol. The first-order valence-electron chi connectivity index (χ1n) is 5.10. The second kappa shape index (κ2) is 4.54. The molecule has 0 atom stereocenters. The van der Waals surface area contributed by atoms with E-state index in [1.54, 1.807) is 6.07 Å². The van der Waals surface area contributed by atoms with Crippen molar-refractivity contribution in [2.45, 2.75) is 6.42 Å². The first kappa shape index (κ1) is 10.3. The number of hydrogen-bond donors (Lipinski definition) is 2. The summed E-state index contributed by atoms with van der Waals surface area (Å²) in [5, 5.41) is 3.80. The second-order valence-corrected chi connectivity index (χ2v) is 3.49. The summed E-state index contributed by atoms with van der Waals surface area (Å²) in [6, 6.07) is 7.49. The van der Waals surface area contributed by atoms with E-state index >= 15 is 0 Å². The van der Waals surface area contributed by atoms with Crippen LogP contribution in [0.1, 0.15) is 16.8 Å². The molecule has 1 amide bonds. The van der Waals surface area contributed by atoms with Crippen LogP contribution in [0, 0.1) is 12.3 Å². The number of carbonyl (C=O) groups is 1. The van der Waals surface area contributed by atoms with Crippen molar-refractivity contribution in [1.29, 1.82) is 0 Å². The summed E-state index contributed by atoms with van der Waals surface area (Å²) in [6.07, 6.45) is 7.51. The van der Waals surface area contributed by atoms with E-state index in [0.717, 1.165) is 10.9 Å². The fraction of sp³-hybridized carbons (Fsp3) is 0.154. The molecule has 1 aromatic heterocycles. The number of nitrogens with one attached hydrogen (secondary N) is 2. The van der Waals surface area contributed by atoms with E-state index in [1.165, 1.54) is 0 Å². The van der Waals surface area contributed by atoms with Gasteiger partial charge in [-0.1, -0.05) is 0 Å². The molecule has 80 valence electrons. The van der Waals surface area contributed by atoms with Crippen LogP contribution < -0.4 is 5.32 Å². The molecule has 2 N–H and O–H groups in total. The van der Waals surface area contributed by atoms with E-state index in [9.17, 15) is 4.79 Å². The van der Waals surface area contributed by atoms with Crippen molar-refractivity contribution >= 4 is 16.8 Å². The molecule has 0 spiro atoms. The van der Waals surface area contributed by atoms with E-state index in [4.69, 9.17) is 6.42 Å². The number of carbonyl (C=O) groups excluding carboxylic acids is 1. The summed E-state index contributed by atoms with van der Waals surface area (Å²) in [5.41, 5.74) is 1.68. The van der Waals surface area contributed by atoms with Gasteiger partial charge in [0.05, 0.1) is 0 Å². The van der Waals surface area contributed by atoms with Crippen LogP contribution >= 0.6 is 0 Å². The summed E-state index contributed by atoms with van der Waals surface area (Å²) in [6.45, 7) is 0.514. The first-order valence-corrected chi connectivity index (χ1v) is 5.10. The zero-order valence-corrected chi connectivity index (χ0v) is 8.79. The highest BCUT2D eigenvalue weighted by molar-refractivity contribution is 5.98. The van der Waals surface area contributed by atoms with Crippen molar-refractivity contribution in [2.24, 2.45) is 0 Å². The Morgan fingerprint density at radius 1 is 1.44 bits per heavy atom. The number of aromatic nitrogens is 1. The third-order valence-electron chi connectivity index (χ3n) is 2.37. The van der Waals surface area contributed by atoms with Crippen molar-refractivity contribution in [3.8, 4) is 12.3 Å². The minimum atomic E-state index is -0.0849. The number of benzene rings is 1. The molecule has 0 aliphatic rings. The van der Waals surface area contributed by atoms with Gasteiger partial charge in [-0.25, -0.2) is 0 Å². The van der Waals surface area contributed by atoms with Gasteiger partial charge in [0.1, 0.15) is 0 Å². The fourth-order valence-electron chi connectivity index (χ4n) is 1.54. The van der Waals surface area contributed by atoms with E-state index in [0.29, 0.717) is 18.5 Å². The van der Waals surface area contributed by atoms with Crippen LogP contribution in [0.5, 0.6) is 0 Å². The molecule has 0 saturated heterocycles. The van der Waals surface area contributed by atoms with Crippen LogP contribution in [-0.4, -0.2) is 17.4 Å². The van der Waals surface area contributed by atoms with Gasteiger partial charge >= 0.3 is 0 Å². The van der Waals surface area contributed by atoms with Gasteiger partial charge in [-0.05, 0) is 24.3 Å². The number of amides is 1. The molecule has 3 heteroatoms. The maximum absolute atomic E-state index is 11.7. The number of fused-ring (bicyclic) bond motifs is 1. The van der Waals surface area contributed by atoms with Gasteiger partial charge in [0, 0.05) is 35.6 Å². The molecule has 0 radical (unpaired) electrons. The molecule has 0 bridgehead atoms. The van der Waals surface area contributed by atoms with Crippen molar-refractivity contribution in [1.82, 2.24) is 10.3 Å². The van der Waals surface area contributed by atoms with Gasteiger partial charge in [0.25, 0.3) is 5.91 Å². The Balaban J connectivity index is 2.13. The molecule has 1 aromatic carbocycles. The summed E-state index contributed by atoms with van der Waals surface area (Å²) in [5.74, 6) is 2.40. The zero-order chi connectivity index (χ0) is 11.4. The van der Waals surface area contributed by atoms with Crippen LogP contribution in [0.3, 0.4) is 0 Å². The number of terminal acetylenes is 1. The molecular formula is C13H12N2O. The van der Waals surface area contributed by atoms with Gasteiger partial charge < -0.3 is 10.3 Å². The van der Waals surface area contributed by atoms with Crippen molar-refractivity contribution in [3.05, 3.63) is 36.0 Å². The Labute approximate surface area is 93.9 Å². The summed E-state index contributed by atoms with van der Waals surface area (Å²) >= 11 is 0. The predicted molar refractivity (Wildman–Crippen MR) is 64.1 cm³/mol. The van der Waals surface area contributed by atoms with E-state index in [1.807, 2.05) is 24.4 Å². The van der Waals surface area contributed by atoms with Gasteiger partial charge in [0.15, 0.2) is 0 Å². The minimum absolute atomic E-state index is 0.0849. The first-order chi connectivity index (χ1) is 7.81. The topological polar surface area (TPSA) is 44.9 Å². The average molecular weight is 212 g/mol. The molecule has 3 nitrogen and oxygen atoms in total. The lowest BCUT2D eigenvalue weighted by Gasteiger charge is -2.02. The molecule has 2 aromatic rings. The highest BCUT2D eigenvalue weighted by Gasteiger charge is 2.05. The molecule has 1 heterocycles. The van der Waals surface area contributed by atoms with Crippen LogP contribution in [-0.2, 0) is 0 Å². The number of H-pyrrole nitrogens is 1. The maximum Gasteiger partial charge on any atom is 0.251 e. The van der Waals surface area contributed by atoms with Crippen molar-refractivity contribution in [2.75, 3.05) is 6.54 Å². The molecule has 2 rings (SSSR count). The summed E-state index contributed by atoms with van der Waals surface area (Å²) in [4.78, 5) is 14.8. The minimum Gasteiger partial charge on any atom is -0.361 e. The third kappa shape index (κ3) is 2.06. The molecular weight excluding hydrogens is 200 g/mol. The Morgan fingerprint density at radius 2 is 2.31 bits per heavy atom. The van der Waals surface area contributed by atoms with Gasteiger partial charge in [-0.15, -0.1) is 12.3 Å². The summed E-state index contributed by atoms with van der Waals surface area (Å²) in [7, 11) is 0. The molecule has 0 fully saturated rings. The smallest absolute Gasteiger partial charge is 0.251 e.